The normalized spacial score (nSPS) is 15.1. The maximum Gasteiger partial charge on any atom is 0.280 e. The number of ketones is 1. The van der Waals surface area contributed by atoms with E-state index in [1.54, 1.807) is 61.5 Å². The fraction of sp³-hybridized carbons (Fsp3) is 0.0870. The van der Waals surface area contributed by atoms with Crippen molar-refractivity contribution in [2.24, 2.45) is 5.10 Å². The molecule has 2 heterocycles. The molecular weight excluding hydrogens is 423 g/mol. The van der Waals surface area contributed by atoms with E-state index in [2.05, 4.69) is 5.10 Å². The molecule has 0 atom stereocenters. The van der Waals surface area contributed by atoms with E-state index in [0.717, 1.165) is 5.56 Å². The second-order valence-corrected chi connectivity index (χ2v) is 7.70. The van der Waals surface area contributed by atoms with E-state index in [-0.39, 0.29) is 11.7 Å². The number of hydrogen-bond acceptors (Lipinski definition) is 4. The summed E-state index contributed by atoms with van der Waals surface area (Å²) in [5.74, 6) is 0.781. The number of hydrazone groups is 1. The van der Waals surface area contributed by atoms with E-state index in [4.69, 9.17) is 27.6 Å². The predicted octanol–water partition coefficient (Wildman–Crippen LogP) is 6.26. The molecule has 30 heavy (non-hydrogen) atoms. The van der Waals surface area contributed by atoms with Crippen molar-refractivity contribution in [3.63, 3.8) is 0 Å². The molecule has 0 unspecified atom stereocenters. The van der Waals surface area contributed by atoms with Crippen molar-refractivity contribution < 1.29 is 14.0 Å². The van der Waals surface area contributed by atoms with Crippen LogP contribution < -0.4 is 5.01 Å². The Hall–Kier alpha value is -3.15. The summed E-state index contributed by atoms with van der Waals surface area (Å²) in [6.07, 6.45) is 1.64. The first kappa shape index (κ1) is 20.1. The molecule has 0 saturated carbocycles. The summed E-state index contributed by atoms with van der Waals surface area (Å²) in [6, 6.07) is 15.6. The Morgan fingerprint density at radius 2 is 1.80 bits per heavy atom. The molecular formula is C23H16Cl2N2O3. The van der Waals surface area contributed by atoms with Gasteiger partial charge in [-0.25, -0.2) is 0 Å². The largest absolute Gasteiger partial charge is 0.457 e. The minimum atomic E-state index is -0.303. The molecule has 0 aliphatic carbocycles. The summed E-state index contributed by atoms with van der Waals surface area (Å²) in [5, 5.41) is 6.43. The maximum absolute atomic E-state index is 12.9. The fourth-order valence-electron chi connectivity index (χ4n) is 3.14. The number of nitrogens with zero attached hydrogens (tertiary/aromatic N) is 2. The van der Waals surface area contributed by atoms with Gasteiger partial charge >= 0.3 is 0 Å². The average Bonchev–Trinajstić information content (AvgIpc) is 3.27. The molecule has 0 N–H and O–H groups in total. The third kappa shape index (κ3) is 3.95. The van der Waals surface area contributed by atoms with Gasteiger partial charge in [-0.05, 0) is 56.3 Å². The van der Waals surface area contributed by atoms with Crippen LogP contribution in [0.4, 0.5) is 5.69 Å². The van der Waals surface area contributed by atoms with Gasteiger partial charge in [-0.15, -0.1) is 0 Å². The molecule has 0 fully saturated rings. The van der Waals surface area contributed by atoms with Gasteiger partial charge in [0, 0.05) is 21.2 Å². The number of benzene rings is 2. The Bertz CT molecular complexity index is 1220. The van der Waals surface area contributed by atoms with Crippen LogP contribution in [0.15, 0.2) is 69.7 Å². The Morgan fingerprint density at radius 1 is 1.07 bits per heavy atom. The lowest BCUT2D eigenvalue weighted by Crippen LogP contribution is -2.21. The third-order valence-electron chi connectivity index (χ3n) is 4.62. The van der Waals surface area contributed by atoms with Gasteiger partial charge in [-0.3, -0.25) is 9.59 Å². The zero-order valence-corrected chi connectivity index (χ0v) is 17.7. The van der Waals surface area contributed by atoms with Crippen molar-refractivity contribution in [1.82, 2.24) is 0 Å². The van der Waals surface area contributed by atoms with E-state index < -0.39 is 0 Å². The lowest BCUT2D eigenvalue weighted by molar-refractivity contribution is -0.114. The van der Waals surface area contributed by atoms with E-state index in [1.807, 2.05) is 6.07 Å². The van der Waals surface area contributed by atoms with Crippen LogP contribution in [-0.4, -0.2) is 17.4 Å². The lowest BCUT2D eigenvalue weighted by Gasteiger charge is -2.12. The quantitative estimate of drug-likeness (QED) is 0.356. The van der Waals surface area contributed by atoms with Gasteiger partial charge in [-0.2, -0.15) is 10.1 Å². The smallest absolute Gasteiger partial charge is 0.280 e. The minimum absolute atomic E-state index is 0.0182. The highest BCUT2D eigenvalue weighted by Crippen LogP contribution is 2.31. The molecule has 0 bridgehead atoms. The molecule has 2 aromatic carbocycles. The van der Waals surface area contributed by atoms with Gasteiger partial charge in [0.05, 0.1) is 17.0 Å². The maximum atomic E-state index is 12.9. The van der Waals surface area contributed by atoms with E-state index in [1.165, 1.54) is 11.9 Å². The van der Waals surface area contributed by atoms with Crippen molar-refractivity contribution in [1.29, 1.82) is 0 Å². The van der Waals surface area contributed by atoms with Gasteiger partial charge < -0.3 is 4.42 Å². The molecule has 1 aliphatic heterocycles. The van der Waals surface area contributed by atoms with Crippen molar-refractivity contribution in [2.45, 2.75) is 13.8 Å². The van der Waals surface area contributed by atoms with E-state index in [9.17, 15) is 9.59 Å². The lowest BCUT2D eigenvalue weighted by atomic mass is 10.1. The zero-order valence-electron chi connectivity index (χ0n) is 16.1. The summed E-state index contributed by atoms with van der Waals surface area (Å²) in [6.45, 7) is 3.26. The van der Waals surface area contributed by atoms with Gasteiger partial charge in [0.15, 0.2) is 5.78 Å². The summed E-state index contributed by atoms with van der Waals surface area (Å²) >= 11 is 12.1. The number of rotatable bonds is 4. The molecule has 3 aromatic rings. The molecule has 1 aromatic heterocycles. The Balaban J connectivity index is 1.63. The van der Waals surface area contributed by atoms with Crippen molar-refractivity contribution in [3.05, 3.63) is 81.5 Å². The SMILES string of the molecule is CC(=O)c1cccc(-c2ccc(/C=C3\C(=O)N(c4cc(Cl)cc(Cl)c4)N=C3C)o2)c1. The van der Waals surface area contributed by atoms with Crippen LogP contribution >= 0.6 is 23.2 Å². The van der Waals surface area contributed by atoms with Crippen LogP contribution in [0.25, 0.3) is 17.4 Å². The Morgan fingerprint density at radius 3 is 2.50 bits per heavy atom. The molecule has 1 aliphatic rings. The molecule has 0 radical (unpaired) electrons. The topological polar surface area (TPSA) is 62.9 Å². The number of anilines is 1. The number of hydrogen-bond donors (Lipinski definition) is 0. The monoisotopic (exact) mass is 438 g/mol. The molecule has 0 saturated heterocycles. The highest BCUT2D eigenvalue weighted by molar-refractivity contribution is 6.36. The molecule has 0 spiro atoms. The van der Waals surface area contributed by atoms with E-state index >= 15 is 0 Å². The molecule has 4 rings (SSSR count). The van der Waals surface area contributed by atoms with Crippen molar-refractivity contribution >= 4 is 52.4 Å². The molecule has 150 valence electrons. The van der Waals surface area contributed by atoms with Crippen molar-refractivity contribution in [3.8, 4) is 11.3 Å². The van der Waals surface area contributed by atoms with Crippen LogP contribution in [0.1, 0.15) is 30.0 Å². The van der Waals surface area contributed by atoms with Crippen LogP contribution in [-0.2, 0) is 4.79 Å². The summed E-state index contributed by atoms with van der Waals surface area (Å²) in [4.78, 5) is 24.5. The first-order valence-corrected chi connectivity index (χ1v) is 9.86. The standard InChI is InChI=1S/C23H16Cl2N2O3/c1-13-21(23(29)27(26-13)19-10-17(24)9-18(25)11-19)12-20-6-7-22(30-20)16-5-3-4-15(8-16)14(2)28/h3-12H,1-2H3/b21-12-. The number of amides is 1. The Kier molecular flexibility index (Phi) is 5.33. The minimum Gasteiger partial charge on any atom is -0.457 e. The molecule has 1 amide bonds. The van der Waals surface area contributed by atoms with Crippen molar-refractivity contribution in [2.75, 3.05) is 5.01 Å². The van der Waals surface area contributed by atoms with Crippen LogP contribution in [0.2, 0.25) is 10.0 Å². The van der Waals surface area contributed by atoms with Gasteiger partial charge in [0.1, 0.15) is 11.5 Å². The first-order valence-electron chi connectivity index (χ1n) is 9.11. The summed E-state index contributed by atoms with van der Waals surface area (Å²) in [5.41, 5.74) is 2.83. The fourth-order valence-corrected chi connectivity index (χ4v) is 3.65. The first-order chi connectivity index (χ1) is 14.3. The Labute approximate surface area is 183 Å². The number of Topliss-reactive ketones (excluding diaryl/α,β-unsaturated/α-hetero) is 1. The summed E-state index contributed by atoms with van der Waals surface area (Å²) < 4.78 is 5.89. The molecule has 7 heteroatoms. The number of furan rings is 1. The third-order valence-corrected chi connectivity index (χ3v) is 5.06. The molecule has 5 nitrogen and oxygen atoms in total. The average molecular weight is 439 g/mol. The number of carbonyl (C=O) groups is 2. The second kappa shape index (κ2) is 7.94. The van der Waals surface area contributed by atoms with Gasteiger partial charge in [-0.1, -0.05) is 41.4 Å². The van der Waals surface area contributed by atoms with Crippen LogP contribution in [0, 0.1) is 0 Å². The zero-order chi connectivity index (χ0) is 21.4. The van der Waals surface area contributed by atoms with E-state index in [0.29, 0.717) is 44.1 Å². The number of carbonyl (C=O) groups excluding carboxylic acids is 2. The van der Waals surface area contributed by atoms with Gasteiger partial charge in [0.2, 0.25) is 0 Å². The highest BCUT2D eigenvalue weighted by Gasteiger charge is 2.29. The second-order valence-electron chi connectivity index (χ2n) is 6.83. The number of halogens is 2. The van der Waals surface area contributed by atoms with Crippen LogP contribution in [0.5, 0.6) is 0 Å². The predicted molar refractivity (Wildman–Crippen MR) is 119 cm³/mol. The highest BCUT2D eigenvalue weighted by atomic mass is 35.5. The van der Waals surface area contributed by atoms with Gasteiger partial charge in [0.25, 0.3) is 5.91 Å². The summed E-state index contributed by atoms with van der Waals surface area (Å²) in [7, 11) is 0. The van der Waals surface area contributed by atoms with Crippen LogP contribution in [0.3, 0.4) is 0 Å².